The minimum atomic E-state index is -0.342. The molecule has 1 aromatic rings. The molecule has 2 unspecified atom stereocenters. The van der Waals surface area contributed by atoms with Crippen LogP contribution in [0, 0.1) is 22.0 Å². The molecule has 1 saturated heterocycles. The molecule has 98 valence electrons. The Hall–Kier alpha value is -1.10. The van der Waals surface area contributed by atoms with Crippen LogP contribution >= 0.6 is 15.9 Å². The van der Waals surface area contributed by atoms with Gasteiger partial charge in [-0.15, -0.1) is 0 Å². The summed E-state index contributed by atoms with van der Waals surface area (Å²) in [5, 5.41) is 11.4. The highest BCUT2D eigenvalue weighted by Crippen LogP contribution is 2.33. The molecule has 4 nitrogen and oxygen atoms in total. The molecule has 0 spiro atoms. The molecule has 0 saturated carbocycles. The van der Waals surface area contributed by atoms with Crippen LogP contribution in [0.5, 0.6) is 0 Å². The van der Waals surface area contributed by atoms with E-state index in [4.69, 9.17) is 0 Å². The number of nitro groups is 1. The molecule has 0 N–H and O–H groups in total. The van der Waals surface area contributed by atoms with Crippen molar-refractivity contribution in [3.05, 3.63) is 33.9 Å². The standard InChI is InChI=1S/C13H17BrN2O2/c1-9-7-15(8-10(9)2)13-4-3-12(16(17)18)5-11(13)6-14/h3-5,9-10H,6-8H2,1-2H3. The van der Waals surface area contributed by atoms with Gasteiger partial charge in [0.05, 0.1) is 4.92 Å². The highest BCUT2D eigenvalue weighted by molar-refractivity contribution is 9.08. The normalized spacial score (nSPS) is 23.4. The summed E-state index contributed by atoms with van der Waals surface area (Å²) in [7, 11) is 0. The van der Waals surface area contributed by atoms with Crippen LogP contribution < -0.4 is 4.90 Å². The third-order valence-corrected chi connectivity index (χ3v) is 4.35. The van der Waals surface area contributed by atoms with E-state index in [9.17, 15) is 10.1 Å². The van der Waals surface area contributed by atoms with Crippen LogP contribution in [0.2, 0.25) is 0 Å². The first kappa shape index (κ1) is 13.3. The molecule has 1 heterocycles. The van der Waals surface area contributed by atoms with Gasteiger partial charge in [0.1, 0.15) is 0 Å². The van der Waals surface area contributed by atoms with E-state index in [0.717, 1.165) is 24.3 Å². The lowest BCUT2D eigenvalue weighted by atomic mass is 10.0. The van der Waals surface area contributed by atoms with Gasteiger partial charge in [0.25, 0.3) is 5.69 Å². The Labute approximate surface area is 115 Å². The zero-order valence-electron chi connectivity index (χ0n) is 10.6. The summed E-state index contributed by atoms with van der Waals surface area (Å²) < 4.78 is 0. The topological polar surface area (TPSA) is 46.4 Å². The van der Waals surface area contributed by atoms with E-state index in [1.54, 1.807) is 12.1 Å². The second-order valence-electron chi connectivity index (χ2n) is 5.06. The lowest BCUT2D eigenvalue weighted by Crippen LogP contribution is -2.20. The molecule has 2 atom stereocenters. The van der Waals surface area contributed by atoms with Gasteiger partial charge < -0.3 is 4.90 Å². The van der Waals surface area contributed by atoms with Gasteiger partial charge in [0.15, 0.2) is 0 Å². The SMILES string of the molecule is CC1CN(c2ccc([N+](=O)[O-])cc2CBr)CC1C. The Morgan fingerprint density at radius 2 is 2.00 bits per heavy atom. The number of non-ortho nitro benzene ring substituents is 1. The summed E-state index contributed by atoms with van der Waals surface area (Å²) in [4.78, 5) is 12.8. The first-order valence-corrected chi connectivity index (χ1v) is 7.23. The Balaban J connectivity index is 2.31. The fourth-order valence-electron chi connectivity index (χ4n) is 2.43. The van der Waals surface area contributed by atoms with Crippen molar-refractivity contribution in [1.82, 2.24) is 0 Å². The van der Waals surface area contributed by atoms with Crippen molar-refractivity contribution in [3.8, 4) is 0 Å². The Bertz CT molecular complexity index is 454. The minimum Gasteiger partial charge on any atom is -0.371 e. The van der Waals surface area contributed by atoms with Crippen molar-refractivity contribution in [1.29, 1.82) is 0 Å². The number of hydrogen-bond acceptors (Lipinski definition) is 3. The molecular formula is C13H17BrN2O2. The lowest BCUT2D eigenvalue weighted by Gasteiger charge is -2.21. The second kappa shape index (κ2) is 5.26. The highest BCUT2D eigenvalue weighted by Gasteiger charge is 2.27. The Morgan fingerprint density at radius 1 is 1.39 bits per heavy atom. The van der Waals surface area contributed by atoms with Crippen molar-refractivity contribution >= 4 is 27.3 Å². The van der Waals surface area contributed by atoms with Gasteiger partial charge in [-0.05, 0) is 23.5 Å². The Morgan fingerprint density at radius 3 is 2.50 bits per heavy atom. The zero-order valence-corrected chi connectivity index (χ0v) is 12.2. The van der Waals surface area contributed by atoms with E-state index in [2.05, 4.69) is 34.7 Å². The second-order valence-corrected chi connectivity index (χ2v) is 5.62. The monoisotopic (exact) mass is 312 g/mol. The fraction of sp³-hybridized carbons (Fsp3) is 0.538. The molecule has 0 aromatic heterocycles. The number of nitrogens with zero attached hydrogens (tertiary/aromatic N) is 2. The summed E-state index contributed by atoms with van der Waals surface area (Å²) in [6, 6.07) is 5.13. The number of halogens is 1. The van der Waals surface area contributed by atoms with Crippen LogP contribution in [0.25, 0.3) is 0 Å². The maximum Gasteiger partial charge on any atom is 0.269 e. The van der Waals surface area contributed by atoms with Gasteiger partial charge in [0.2, 0.25) is 0 Å². The number of nitro benzene ring substituents is 1. The average molecular weight is 313 g/mol. The summed E-state index contributed by atoms with van der Waals surface area (Å²) in [6.07, 6.45) is 0. The lowest BCUT2D eigenvalue weighted by molar-refractivity contribution is -0.384. The number of anilines is 1. The van der Waals surface area contributed by atoms with Crippen molar-refractivity contribution in [2.24, 2.45) is 11.8 Å². The molecule has 0 aliphatic carbocycles. The zero-order chi connectivity index (χ0) is 13.3. The van der Waals surface area contributed by atoms with Crippen LogP contribution in [-0.4, -0.2) is 18.0 Å². The van der Waals surface area contributed by atoms with E-state index in [0.29, 0.717) is 17.2 Å². The van der Waals surface area contributed by atoms with Crippen molar-refractivity contribution in [2.45, 2.75) is 19.2 Å². The highest BCUT2D eigenvalue weighted by atomic mass is 79.9. The first-order valence-electron chi connectivity index (χ1n) is 6.11. The molecule has 0 radical (unpaired) electrons. The Kier molecular flexibility index (Phi) is 3.90. The third-order valence-electron chi connectivity index (χ3n) is 3.75. The summed E-state index contributed by atoms with van der Waals surface area (Å²) in [5.74, 6) is 1.34. The molecule has 0 amide bonds. The summed E-state index contributed by atoms with van der Waals surface area (Å²) >= 11 is 3.42. The molecule has 0 bridgehead atoms. The predicted octanol–water partition coefficient (Wildman–Crippen LogP) is 3.58. The molecule has 18 heavy (non-hydrogen) atoms. The molecule has 1 aliphatic rings. The van der Waals surface area contributed by atoms with E-state index < -0.39 is 0 Å². The van der Waals surface area contributed by atoms with E-state index >= 15 is 0 Å². The fourth-order valence-corrected chi connectivity index (χ4v) is 2.88. The van der Waals surface area contributed by atoms with E-state index in [-0.39, 0.29) is 10.6 Å². The van der Waals surface area contributed by atoms with Crippen LogP contribution in [0.3, 0.4) is 0 Å². The number of hydrogen-bond donors (Lipinski definition) is 0. The molecule has 1 fully saturated rings. The van der Waals surface area contributed by atoms with E-state index in [1.165, 1.54) is 0 Å². The van der Waals surface area contributed by atoms with Crippen LogP contribution in [0.4, 0.5) is 11.4 Å². The molecular weight excluding hydrogens is 296 g/mol. The molecule has 1 aromatic carbocycles. The van der Waals surface area contributed by atoms with Gasteiger partial charge in [0, 0.05) is 36.2 Å². The summed E-state index contributed by atoms with van der Waals surface area (Å²) in [5.41, 5.74) is 2.27. The van der Waals surface area contributed by atoms with Gasteiger partial charge in [-0.25, -0.2) is 0 Å². The van der Waals surface area contributed by atoms with Crippen molar-refractivity contribution in [3.63, 3.8) is 0 Å². The van der Waals surface area contributed by atoms with Gasteiger partial charge >= 0.3 is 0 Å². The van der Waals surface area contributed by atoms with Crippen LogP contribution in [-0.2, 0) is 5.33 Å². The van der Waals surface area contributed by atoms with E-state index in [1.807, 2.05) is 6.07 Å². The maximum absolute atomic E-state index is 10.8. The van der Waals surface area contributed by atoms with Gasteiger partial charge in [-0.2, -0.15) is 0 Å². The third kappa shape index (κ3) is 2.51. The average Bonchev–Trinajstić information content (AvgIpc) is 2.68. The number of benzene rings is 1. The summed E-state index contributed by atoms with van der Waals surface area (Å²) in [6.45, 7) is 6.56. The quantitative estimate of drug-likeness (QED) is 0.487. The van der Waals surface area contributed by atoms with Gasteiger partial charge in [-0.3, -0.25) is 10.1 Å². The van der Waals surface area contributed by atoms with Crippen LogP contribution in [0.15, 0.2) is 18.2 Å². The first-order chi connectivity index (χ1) is 8.52. The number of rotatable bonds is 3. The minimum absolute atomic E-state index is 0.161. The van der Waals surface area contributed by atoms with Crippen molar-refractivity contribution in [2.75, 3.05) is 18.0 Å². The smallest absolute Gasteiger partial charge is 0.269 e. The molecule has 1 aliphatic heterocycles. The molecule has 5 heteroatoms. The van der Waals surface area contributed by atoms with Crippen molar-refractivity contribution < 1.29 is 4.92 Å². The largest absolute Gasteiger partial charge is 0.371 e. The van der Waals surface area contributed by atoms with Crippen LogP contribution in [0.1, 0.15) is 19.4 Å². The maximum atomic E-state index is 10.8. The number of alkyl halides is 1. The predicted molar refractivity (Wildman–Crippen MR) is 76.3 cm³/mol. The van der Waals surface area contributed by atoms with Gasteiger partial charge in [-0.1, -0.05) is 29.8 Å². The molecule has 2 rings (SSSR count).